The van der Waals surface area contributed by atoms with E-state index in [4.69, 9.17) is 0 Å². The summed E-state index contributed by atoms with van der Waals surface area (Å²) in [6.07, 6.45) is 6.14. The maximum atomic E-state index is 10.4. The van der Waals surface area contributed by atoms with Crippen LogP contribution in [0.2, 0.25) is 0 Å². The summed E-state index contributed by atoms with van der Waals surface area (Å²) in [5, 5.41) is 0. The second-order valence-corrected chi connectivity index (χ2v) is 3.28. The predicted molar refractivity (Wildman–Crippen MR) is 60.9 cm³/mol. The van der Waals surface area contributed by atoms with E-state index in [9.17, 15) is 4.79 Å². The summed E-state index contributed by atoms with van der Waals surface area (Å²) < 4.78 is 1.90. The number of carbonyl (C=O) groups excluding carboxylic acids is 1. The number of carbonyl (C=O) groups is 1. The first-order chi connectivity index (χ1) is 7.88. The maximum absolute atomic E-state index is 10.4. The van der Waals surface area contributed by atoms with Crippen molar-refractivity contribution in [2.75, 3.05) is 0 Å². The van der Waals surface area contributed by atoms with Crippen LogP contribution in [0.15, 0.2) is 43.0 Å². The van der Waals surface area contributed by atoms with Crippen LogP contribution < -0.4 is 0 Å². The zero-order valence-electron chi connectivity index (χ0n) is 8.63. The highest BCUT2D eigenvalue weighted by Gasteiger charge is 1.89. The van der Waals surface area contributed by atoms with E-state index in [0.717, 1.165) is 11.8 Å². The molecule has 3 heteroatoms. The summed E-state index contributed by atoms with van der Waals surface area (Å²) in [7, 11) is 0. The molecule has 0 radical (unpaired) electrons. The van der Waals surface area contributed by atoms with Gasteiger partial charge in [0.25, 0.3) is 0 Å². The first-order valence-electron chi connectivity index (χ1n) is 4.88. The van der Waals surface area contributed by atoms with Crippen molar-refractivity contribution < 1.29 is 4.79 Å². The molecule has 0 amide bonds. The molecule has 0 saturated carbocycles. The highest BCUT2D eigenvalue weighted by molar-refractivity contribution is 5.74. The van der Waals surface area contributed by atoms with Crippen LogP contribution in [0.25, 0.3) is 0 Å². The Morgan fingerprint density at radius 3 is 2.75 bits per heavy atom. The summed E-state index contributed by atoms with van der Waals surface area (Å²) >= 11 is 0. The van der Waals surface area contributed by atoms with Crippen LogP contribution in [-0.2, 0) is 6.54 Å². The zero-order valence-corrected chi connectivity index (χ0v) is 8.63. The smallest absolute Gasteiger partial charge is 0.150 e. The van der Waals surface area contributed by atoms with Gasteiger partial charge in [0, 0.05) is 23.5 Å². The molecule has 1 heterocycles. The van der Waals surface area contributed by atoms with Crippen LogP contribution in [0.5, 0.6) is 0 Å². The lowest BCUT2D eigenvalue weighted by atomic mass is 10.1. The number of benzene rings is 1. The van der Waals surface area contributed by atoms with E-state index < -0.39 is 0 Å². The highest BCUT2D eigenvalue weighted by Crippen LogP contribution is 2.00. The summed E-state index contributed by atoms with van der Waals surface area (Å²) in [6, 6.07) is 7.19. The first kappa shape index (κ1) is 10.2. The van der Waals surface area contributed by atoms with Gasteiger partial charge >= 0.3 is 0 Å². The molecule has 1 aromatic heterocycles. The fourth-order valence-corrected chi connectivity index (χ4v) is 1.26. The molecule has 0 unspecified atom stereocenters. The molecule has 3 nitrogen and oxygen atoms in total. The minimum absolute atomic E-state index is 0.620. The first-order valence-corrected chi connectivity index (χ1v) is 4.88. The van der Waals surface area contributed by atoms with Gasteiger partial charge in [-0.25, -0.2) is 4.98 Å². The number of rotatable bonds is 2. The lowest BCUT2D eigenvalue weighted by Gasteiger charge is -1.92. The largest absolute Gasteiger partial charge is 0.326 e. The molecule has 78 valence electrons. The molecule has 0 aliphatic carbocycles. The average Bonchev–Trinajstić information content (AvgIpc) is 2.83. The van der Waals surface area contributed by atoms with Crippen LogP contribution in [0, 0.1) is 11.8 Å². The van der Waals surface area contributed by atoms with Crippen LogP contribution in [0.3, 0.4) is 0 Å². The Kier molecular flexibility index (Phi) is 3.15. The molecule has 0 spiro atoms. The van der Waals surface area contributed by atoms with Crippen LogP contribution in [0.1, 0.15) is 15.9 Å². The van der Waals surface area contributed by atoms with E-state index in [1.54, 1.807) is 24.7 Å². The van der Waals surface area contributed by atoms with Crippen molar-refractivity contribution >= 4 is 6.29 Å². The van der Waals surface area contributed by atoms with Gasteiger partial charge in [-0.2, -0.15) is 0 Å². The van der Waals surface area contributed by atoms with Gasteiger partial charge in [0.15, 0.2) is 0 Å². The zero-order chi connectivity index (χ0) is 11.2. The van der Waals surface area contributed by atoms with Crippen LogP contribution in [0.4, 0.5) is 0 Å². The lowest BCUT2D eigenvalue weighted by Crippen LogP contribution is -1.90. The second kappa shape index (κ2) is 4.94. The van der Waals surface area contributed by atoms with E-state index in [1.807, 2.05) is 22.9 Å². The average molecular weight is 210 g/mol. The lowest BCUT2D eigenvalue weighted by molar-refractivity contribution is 0.112. The van der Waals surface area contributed by atoms with Crippen molar-refractivity contribution in [3.63, 3.8) is 0 Å². The highest BCUT2D eigenvalue weighted by atomic mass is 16.1. The normalized spacial score (nSPS) is 9.25. The Morgan fingerprint density at radius 1 is 1.31 bits per heavy atom. The van der Waals surface area contributed by atoms with Crippen molar-refractivity contribution in [1.82, 2.24) is 9.55 Å². The molecule has 2 rings (SSSR count). The fourth-order valence-electron chi connectivity index (χ4n) is 1.26. The van der Waals surface area contributed by atoms with Gasteiger partial charge < -0.3 is 4.57 Å². The van der Waals surface area contributed by atoms with Crippen molar-refractivity contribution in [3.8, 4) is 11.8 Å². The monoisotopic (exact) mass is 210 g/mol. The molecule has 0 saturated heterocycles. The Labute approximate surface area is 93.7 Å². The van der Waals surface area contributed by atoms with Gasteiger partial charge in [-0.05, 0) is 12.1 Å². The van der Waals surface area contributed by atoms with Gasteiger partial charge in [0.05, 0.1) is 12.9 Å². The number of aldehydes is 1. The molecular formula is C13H10N2O. The number of hydrogen-bond acceptors (Lipinski definition) is 2. The number of hydrogen-bond donors (Lipinski definition) is 0. The Bertz CT molecular complexity index is 515. The summed E-state index contributed by atoms with van der Waals surface area (Å²) in [5.74, 6) is 6.05. The van der Waals surface area contributed by atoms with Crippen LogP contribution in [-0.4, -0.2) is 15.8 Å². The summed E-state index contributed by atoms with van der Waals surface area (Å²) in [5.41, 5.74) is 1.57. The Hall–Kier alpha value is -2.34. The van der Waals surface area contributed by atoms with Gasteiger partial charge in [-0.3, -0.25) is 4.79 Å². The third-order valence-electron chi connectivity index (χ3n) is 2.10. The van der Waals surface area contributed by atoms with E-state index in [1.165, 1.54) is 0 Å². The van der Waals surface area contributed by atoms with Crippen molar-refractivity contribution in [1.29, 1.82) is 0 Å². The molecule has 0 aliphatic heterocycles. The summed E-state index contributed by atoms with van der Waals surface area (Å²) in [4.78, 5) is 14.4. The molecule has 0 atom stereocenters. The topological polar surface area (TPSA) is 34.9 Å². The fraction of sp³-hybridized carbons (Fsp3) is 0.0769. The van der Waals surface area contributed by atoms with E-state index >= 15 is 0 Å². The second-order valence-electron chi connectivity index (χ2n) is 3.28. The molecule has 1 aromatic carbocycles. The number of nitrogens with zero attached hydrogens (tertiary/aromatic N) is 2. The molecule has 0 N–H and O–H groups in total. The van der Waals surface area contributed by atoms with Crippen LogP contribution >= 0.6 is 0 Å². The summed E-state index contributed by atoms with van der Waals surface area (Å²) in [6.45, 7) is 0.620. The van der Waals surface area contributed by atoms with E-state index in [2.05, 4.69) is 16.8 Å². The van der Waals surface area contributed by atoms with E-state index in [-0.39, 0.29) is 0 Å². The standard InChI is InChI=1S/C13H10N2O/c16-10-13-5-3-12(4-6-13)2-1-8-15-9-7-14-11-15/h3-7,9-11H,8H2. The predicted octanol–water partition coefficient (Wildman–Crippen LogP) is 1.75. The van der Waals surface area contributed by atoms with Crippen molar-refractivity contribution in [3.05, 3.63) is 54.1 Å². The molecule has 2 aromatic rings. The molecule has 0 fully saturated rings. The number of aromatic nitrogens is 2. The van der Waals surface area contributed by atoms with Gasteiger partial charge in [-0.15, -0.1) is 0 Å². The third-order valence-corrected chi connectivity index (χ3v) is 2.10. The Morgan fingerprint density at radius 2 is 2.12 bits per heavy atom. The Balaban J connectivity index is 2.03. The molecule has 0 aliphatic rings. The minimum atomic E-state index is 0.620. The third kappa shape index (κ3) is 2.58. The van der Waals surface area contributed by atoms with Gasteiger partial charge in [0.2, 0.25) is 0 Å². The number of imidazole rings is 1. The van der Waals surface area contributed by atoms with Gasteiger partial charge in [-0.1, -0.05) is 24.0 Å². The SMILES string of the molecule is O=Cc1ccc(C#CCn2ccnc2)cc1. The quantitative estimate of drug-likeness (QED) is 0.559. The molecule has 0 bridgehead atoms. The van der Waals surface area contributed by atoms with Crippen molar-refractivity contribution in [2.24, 2.45) is 0 Å². The van der Waals surface area contributed by atoms with E-state index in [0.29, 0.717) is 12.1 Å². The maximum Gasteiger partial charge on any atom is 0.150 e. The molecular weight excluding hydrogens is 200 g/mol. The van der Waals surface area contributed by atoms with Crippen molar-refractivity contribution in [2.45, 2.75) is 6.54 Å². The minimum Gasteiger partial charge on any atom is -0.326 e. The molecule has 16 heavy (non-hydrogen) atoms. The van der Waals surface area contributed by atoms with Gasteiger partial charge in [0.1, 0.15) is 6.29 Å².